The number of aliphatic hydroxyl groups is 1. The third-order valence-corrected chi connectivity index (χ3v) is 3.43. The standard InChI is InChI=1S/C15H13ClF2O/c1-9-5-6-10(7-12(9)16)14(19)8-11-3-2-4-13(17)15(11)18/h2-7,14,19H,8H2,1H3. The fraction of sp³-hybridized carbons (Fsp3) is 0.200. The second kappa shape index (κ2) is 5.68. The monoisotopic (exact) mass is 282 g/mol. The molecule has 1 unspecified atom stereocenters. The number of hydrogen-bond donors (Lipinski definition) is 1. The molecule has 0 aliphatic carbocycles. The Hall–Kier alpha value is -1.45. The van der Waals surface area contributed by atoms with Gasteiger partial charge in [-0.2, -0.15) is 0 Å². The van der Waals surface area contributed by atoms with Crippen molar-refractivity contribution in [2.75, 3.05) is 0 Å². The molecular formula is C15H13ClF2O. The van der Waals surface area contributed by atoms with E-state index in [-0.39, 0.29) is 12.0 Å². The first-order chi connectivity index (χ1) is 8.99. The Morgan fingerprint density at radius 1 is 1.21 bits per heavy atom. The molecule has 4 heteroatoms. The van der Waals surface area contributed by atoms with Gasteiger partial charge >= 0.3 is 0 Å². The maximum Gasteiger partial charge on any atom is 0.162 e. The number of aryl methyl sites for hydroxylation is 1. The van der Waals surface area contributed by atoms with Crippen molar-refractivity contribution in [2.45, 2.75) is 19.4 Å². The lowest BCUT2D eigenvalue weighted by Crippen LogP contribution is -2.04. The molecule has 0 spiro atoms. The first kappa shape index (κ1) is 14.0. The second-order valence-corrected chi connectivity index (χ2v) is 4.85. The van der Waals surface area contributed by atoms with E-state index in [1.165, 1.54) is 12.1 Å². The van der Waals surface area contributed by atoms with Crippen LogP contribution in [0.5, 0.6) is 0 Å². The van der Waals surface area contributed by atoms with Crippen LogP contribution in [0.3, 0.4) is 0 Å². The molecule has 0 saturated heterocycles. The molecule has 2 rings (SSSR count). The van der Waals surface area contributed by atoms with E-state index in [1.807, 2.05) is 6.92 Å². The van der Waals surface area contributed by atoms with Gasteiger partial charge in [0.2, 0.25) is 0 Å². The quantitative estimate of drug-likeness (QED) is 0.894. The highest BCUT2D eigenvalue weighted by molar-refractivity contribution is 6.31. The van der Waals surface area contributed by atoms with E-state index in [0.717, 1.165) is 11.6 Å². The highest BCUT2D eigenvalue weighted by Crippen LogP contribution is 2.25. The van der Waals surface area contributed by atoms with Gasteiger partial charge in [-0.05, 0) is 35.7 Å². The summed E-state index contributed by atoms with van der Waals surface area (Å²) in [6.07, 6.45) is -0.919. The lowest BCUT2D eigenvalue weighted by molar-refractivity contribution is 0.177. The van der Waals surface area contributed by atoms with Gasteiger partial charge in [0, 0.05) is 11.4 Å². The van der Waals surface area contributed by atoms with Crippen LogP contribution in [-0.2, 0) is 6.42 Å². The Bertz CT molecular complexity index is 599. The smallest absolute Gasteiger partial charge is 0.162 e. The van der Waals surface area contributed by atoms with Crippen molar-refractivity contribution in [3.8, 4) is 0 Å². The summed E-state index contributed by atoms with van der Waals surface area (Å²) < 4.78 is 26.6. The Kier molecular flexibility index (Phi) is 4.17. The molecule has 0 saturated carbocycles. The van der Waals surface area contributed by atoms with Crippen molar-refractivity contribution in [1.29, 1.82) is 0 Å². The van der Waals surface area contributed by atoms with Crippen LogP contribution >= 0.6 is 11.6 Å². The van der Waals surface area contributed by atoms with Crippen LogP contribution in [0.4, 0.5) is 8.78 Å². The molecule has 0 fully saturated rings. The highest BCUT2D eigenvalue weighted by atomic mass is 35.5. The van der Waals surface area contributed by atoms with Crippen LogP contribution in [0.1, 0.15) is 22.8 Å². The van der Waals surface area contributed by atoms with Gasteiger partial charge < -0.3 is 5.11 Å². The van der Waals surface area contributed by atoms with E-state index in [1.54, 1.807) is 18.2 Å². The second-order valence-electron chi connectivity index (χ2n) is 4.44. The van der Waals surface area contributed by atoms with Crippen molar-refractivity contribution in [3.63, 3.8) is 0 Å². The third kappa shape index (κ3) is 3.11. The molecule has 0 aliphatic heterocycles. The molecule has 0 heterocycles. The van der Waals surface area contributed by atoms with Crippen molar-refractivity contribution in [1.82, 2.24) is 0 Å². The van der Waals surface area contributed by atoms with E-state index in [9.17, 15) is 13.9 Å². The lowest BCUT2D eigenvalue weighted by atomic mass is 10.00. The maximum atomic E-state index is 13.5. The Balaban J connectivity index is 2.23. The van der Waals surface area contributed by atoms with Crippen molar-refractivity contribution < 1.29 is 13.9 Å². The molecule has 0 amide bonds. The highest BCUT2D eigenvalue weighted by Gasteiger charge is 2.14. The minimum absolute atomic E-state index is 0.00296. The van der Waals surface area contributed by atoms with E-state index >= 15 is 0 Å². The van der Waals surface area contributed by atoms with E-state index < -0.39 is 17.7 Å². The summed E-state index contributed by atoms with van der Waals surface area (Å²) in [5, 5.41) is 10.6. The summed E-state index contributed by atoms with van der Waals surface area (Å²) >= 11 is 5.97. The fourth-order valence-electron chi connectivity index (χ4n) is 1.85. The lowest BCUT2D eigenvalue weighted by Gasteiger charge is -2.13. The van der Waals surface area contributed by atoms with Crippen molar-refractivity contribution in [2.24, 2.45) is 0 Å². The number of rotatable bonds is 3. The molecule has 100 valence electrons. The van der Waals surface area contributed by atoms with Crippen LogP contribution in [0.15, 0.2) is 36.4 Å². The topological polar surface area (TPSA) is 20.2 Å². The van der Waals surface area contributed by atoms with Crippen LogP contribution in [0, 0.1) is 18.6 Å². The van der Waals surface area contributed by atoms with Gasteiger partial charge in [0.1, 0.15) is 0 Å². The summed E-state index contributed by atoms with van der Waals surface area (Å²) in [5.74, 6) is -1.83. The molecule has 1 N–H and O–H groups in total. The SMILES string of the molecule is Cc1ccc(C(O)Cc2cccc(F)c2F)cc1Cl. The summed E-state index contributed by atoms with van der Waals surface area (Å²) in [7, 11) is 0. The van der Waals surface area contributed by atoms with Crippen LogP contribution in [0.25, 0.3) is 0 Å². The summed E-state index contributed by atoms with van der Waals surface area (Å²) in [6, 6.07) is 9.07. The zero-order valence-electron chi connectivity index (χ0n) is 10.3. The van der Waals surface area contributed by atoms with Gasteiger partial charge in [-0.1, -0.05) is 35.9 Å². The van der Waals surface area contributed by atoms with Gasteiger partial charge in [-0.25, -0.2) is 8.78 Å². The number of hydrogen-bond acceptors (Lipinski definition) is 1. The molecule has 1 nitrogen and oxygen atoms in total. The predicted octanol–water partition coefficient (Wildman–Crippen LogP) is 4.20. The average Bonchev–Trinajstić information content (AvgIpc) is 2.38. The fourth-order valence-corrected chi connectivity index (χ4v) is 2.04. The first-order valence-corrected chi connectivity index (χ1v) is 6.24. The average molecular weight is 283 g/mol. The maximum absolute atomic E-state index is 13.5. The Morgan fingerprint density at radius 2 is 1.95 bits per heavy atom. The number of aliphatic hydroxyl groups excluding tert-OH is 1. The summed E-state index contributed by atoms with van der Waals surface area (Å²) in [5.41, 5.74) is 1.62. The van der Waals surface area contributed by atoms with Crippen LogP contribution < -0.4 is 0 Å². The minimum Gasteiger partial charge on any atom is -0.388 e. The zero-order valence-corrected chi connectivity index (χ0v) is 11.1. The molecule has 0 aromatic heterocycles. The van der Waals surface area contributed by atoms with Gasteiger partial charge in [0.25, 0.3) is 0 Å². The molecule has 2 aromatic rings. The van der Waals surface area contributed by atoms with Gasteiger partial charge in [-0.15, -0.1) is 0 Å². The van der Waals surface area contributed by atoms with E-state index in [0.29, 0.717) is 10.6 Å². The first-order valence-electron chi connectivity index (χ1n) is 5.86. The minimum atomic E-state index is -0.922. The van der Waals surface area contributed by atoms with Gasteiger partial charge in [-0.3, -0.25) is 0 Å². The predicted molar refractivity (Wildman–Crippen MR) is 71.2 cm³/mol. The van der Waals surface area contributed by atoms with E-state index in [4.69, 9.17) is 11.6 Å². The van der Waals surface area contributed by atoms with Crippen LogP contribution in [-0.4, -0.2) is 5.11 Å². The van der Waals surface area contributed by atoms with Gasteiger partial charge in [0.15, 0.2) is 11.6 Å². The van der Waals surface area contributed by atoms with E-state index in [2.05, 4.69) is 0 Å². The normalized spacial score (nSPS) is 12.5. The molecule has 1 atom stereocenters. The van der Waals surface area contributed by atoms with Crippen LogP contribution in [0.2, 0.25) is 5.02 Å². The largest absolute Gasteiger partial charge is 0.388 e. The molecule has 0 radical (unpaired) electrons. The summed E-state index contributed by atoms with van der Waals surface area (Å²) in [6.45, 7) is 1.85. The van der Waals surface area contributed by atoms with Crippen molar-refractivity contribution >= 4 is 11.6 Å². The van der Waals surface area contributed by atoms with Gasteiger partial charge in [0.05, 0.1) is 6.10 Å². The Morgan fingerprint density at radius 3 is 2.63 bits per heavy atom. The molecule has 0 aliphatic rings. The van der Waals surface area contributed by atoms with Crippen molar-refractivity contribution in [3.05, 3.63) is 69.7 Å². The molecular weight excluding hydrogens is 270 g/mol. The number of halogens is 3. The molecule has 19 heavy (non-hydrogen) atoms. The Labute approximate surface area is 115 Å². The number of benzene rings is 2. The molecule has 0 bridgehead atoms. The molecule has 2 aromatic carbocycles. The summed E-state index contributed by atoms with van der Waals surface area (Å²) in [4.78, 5) is 0. The third-order valence-electron chi connectivity index (χ3n) is 3.03. The zero-order chi connectivity index (χ0) is 14.0.